The molecule has 0 bridgehead atoms. The molecule has 7 heteroatoms. The molecular weight excluding hydrogens is 306 g/mol. The number of hydrogen-bond acceptors (Lipinski definition) is 6. The smallest absolute Gasteiger partial charge is 0.348 e. The van der Waals surface area contributed by atoms with Gasteiger partial charge in [-0.25, -0.2) is 9.59 Å². The Balaban J connectivity index is 1.95. The minimum absolute atomic E-state index is 0.225. The van der Waals surface area contributed by atoms with Gasteiger partial charge in [-0.2, -0.15) is 0 Å². The predicted molar refractivity (Wildman–Crippen MR) is 81.0 cm³/mol. The summed E-state index contributed by atoms with van der Waals surface area (Å²) < 4.78 is 9.52. The fraction of sp³-hybridized carbons (Fsp3) is 0.133. The third-order valence-electron chi connectivity index (χ3n) is 2.66. The number of rotatable bonds is 5. The van der Waals surface area contributed by atoms with Crippen LogP contribution in [0.2, 0.25) is 0 Å². The van der Waals surface area contributed by atoms with Crippen LogP contribution in [0, 0.1) is 0 Å². The summed E-state index contributed by atoms with van der Waals surface area (Å²) in [6, 6.07) is 9.73. The number of anilines is 1. The van der Waals surface area contributed by atoms with E-state index >= 15 is 0 Å². The molecule has 1 aromatic heterocycles. The lowest BCUT2D eigenvalue weighted by molar-refractivity contribution is -0.119. The molecule has 2 rings (SSSR count). The van der Waals surface area contributed by atoms with E-state index in [1.54, 1.807) is 35.7 Å². The molecule has 0 aliphatic carbocycles. The summed E-state index contributed by atoms with van der Waals surface area (Å²) in [6.45, 7) is -0.438. The van der Waals surface area contributed by atoms with Crippen molar-refractivity contribution >= 4 is 34.9 Å². The van der Waals surface area contributed by atoms with Gasteiger partial charge >= 0.3 is 11.9 Å². The fourth-order valence-corrected chi connectivity index (χ4v) is 2.28. The van der Waals surface area contributed by atoms with Gasteiger partial charge in [-0.3, -0.25) is 4.79 Å². The number of methoxy groups -OCH3 is 1. The average Bonchev–Trinajstić information content (AvgIpc) is 3.07. The van der Waals surface area contributed by atoms with Crippen LogP contribution in [0.25, 0.3) is 0 Å². The highest BCUT2D eigenvalue weighted by Crippen LogP contribution is 2.16. The summed E-state index contributed by atoms with van der Waals surface area (Å²) in [6.07, 6.45) is 0. The molecule has 0 atom stereocenters. The first-order valence-electron chi connectivity index (χ1n) is 6.29. The highest BCUT2D eigenvalue weighted by Gasteiger charge is 2.15. The first-order valence-corrected chi connectivity index (χ1v) is 7.17. The zero-order valence-electron chi connectivity index (χ0n) is 11.7. The molecule has 22 heavy (non-hydrogen) atoms. The van der Waals surface area contributed by atoms with Gasteiger partial charge in [0, 0.05) is 0 Å². The van der Waals surface area contributed by atoms with Crippen LogP contribution in [0.3, 0.4) is 0 Å². The van der Waals surface area contributed by atoms with Gasteiger partial charge in [0.1, 0.15) is 4.88 Å². The molecule has 0 saturated heterocycles. The zero-order chi connectivity index (χ0) is 15.9. The molecule has 0 fully saturated rings. The lowest BCUT2D eigenvalue weighted by Crippen LogP contribution is -2.22. The normalized spacial score (nSPS) is 9.86. The quantitative estimate of drug-likeness (QED) is 0.855. The summed E-state index contributed by atoms with van der Waals surface area (Å²) in [5.74, 6) is -1.67. The molecule has 0 aliphatic heterocycles. The number of carbonyl (C=O) groups is 3. The summed E-state index contributed by atoms with van der Waals surface area (Å²) in [5.41, 5.74) is 0.523. The number of thiophene rings is 1. The molecule has 0 saturated carbocycles. The van der Waals surface area contributed by atoms with Gasteiger partial charge in [-0.15, -0.1) is 11.3 Å². The van der Waals surface area contributed by atoms with Crippen LogP contribution in [0.1, 0.15) is 20.0 Å². The van der Waals surface area contributed by atoms with E-state index in [0.29, 0.717) is 10.6 Å². The summed E-state index contributed by atoms with van der Waals surface area (Å²) in [7, 11) is 1.25. The highest BCUT2D eigenvalue weighted by atomic mass is 32.1. The second-order valence-corrected chi connectivity index (χ2v) is 5.09. The molecule has 1 heterocycles. The van der Waals surface area contributed by atoms with E-state index in [1.165, 1.54) is 24.5 Å². The molecule has 0 spiro atoms. The molecule has 2 aromatic rings. The van der Waals surface area contributed by atoms with Crippen molar-refractivity contribution in [3.63, 3.8) is 0 Å². The molecule has 1 aromatic carbocycles. The van der Waals surface area contributed by atoms with E-state index in [4.69, 9.17) is 4.74 Å². The Hall–Kier alpha value is -2.67. The van der Waals surface area contributed by atoms with Gasteiger partial charge in [0.2, 0.25) is 0 Å². The maximum absolute atomic E-state index is 11.8. The number of esters is 2. The van der Waals surface area contributed by atoms with Crippen molar-refractivity contribution in [1.29, 1.82) is 0 Å². The van der Waals surface area contributed by atoms with E-state index in [1.807, 2.05) is 0 Å². The van der Waals surface area contributed by atoms with Crippen molar-refractivity contribution in [2.75, 3.05) is 19.0 Å². The van der Waals surface area contributed by atoms with Crippen LogP contribution in [0.15, 0.2) is 41.8 Å². The average molecular weight is 319 g/mol. The number of amides is 1. The lowest BCUT2D eigenvalue weighted by Gasteiger charge is -2.09. The van der Waals surface area contributed by atoms with Crippen molar-refractivity contribution in [3.05, 3.63) is 52.2 Å². The van der Waals surface area contributed by atoms with Gasteiger partial charge in [0.05, 0.1) is 18.4 Å². The van der Waals surface area contributed by atoms with Crippen molar-refractivity contribution in [2.24, 2.45) is 0 Å². The third-order valence-corrected chi connectivity index (χ3v) is 3.51. The SMILES string of the molecule is COC(=O)c1ccccc1NC(=O)COC(=O)c1cccs1. The topological polar surface area (TPSA) is 81.7 Å². The maximum Gasteiger partial charge on any atom is 0.348 e. The van der Waals surface area contributed by atoms with E-state index < -0.39 is 24.5 Å². The molecular formula is C15H13NO5S. The molecule has 0 unspecified atom stereocenters. The number of ether oxygens (including phenoxy) is 2. The van der Waals surface area contributed by atoms with Gasteiger partial charge in [0.25, 0.3) is 5.91 Å². The van der Waals surface area contributed by atoms with Crippen molar-refractivity contribution in [1.82, 2.24) is 0 Å². The van der Waals surface area contributed by atoms with Gasteiger partial charge in [-0.1, -0.05) is 18.2 Å². The number of benzene rings is 1. The van der Waals surface area contributed by atoms with Crippen LogP contribution < -0.4 is 5.32 Å². The first-order chi connectivity index (χ1) is 10.6. The van der Waals surface area contributed by atoms with Crippen LogP contribution >= 0.6 is 11.3 Å². The Morgan fingerprint density at radius 1 is 1.09 bits per heavy atom. The van der Waals surface area contributed by atoms with E-state index in [0.717, 1.165) is 0 Å². The van der Waals surface area contributed by atoms with Crippen LogP contribution in [-0.4, -0.2) is 31.6 Å². The summed E-state index contributed by atoms with van der Waals surface area (Å²) >= 11 is 1.23. The van der Waals surface area contributed by atoms with E-state index in [2.05, 4.69) is 10.1 Å². The second kappa shape index (κ2) is 7.37. The monoisotopic (exact) mass is 319 g/mol. The van der Waals surface area contributed by atoms with Crippen LogP contribution in [-0.2, 0) is 14.3 Å². The van der Waals surface area contributed by atoms with E-state index in [9.17, 15) is 14.4 Å². The molecule has 0 radical (unpaired) electrons. The van der Waals surface area contributed by atoms with Gasteiger partial charge < -0.3 is 14.8 Å². The van der Waals surface area contributed by atoms with Crippen molar-refractivity contribution in [2.45, 2.75) is 0 Å². The van der Waals surface area contributed by atoms with Crippen LogP contribution in [0.5, 0.6) is 0 Å². The first kappa shape index (κ1) is 15.7. The predicted octanol–water partition coefficient (Wildman–Crippen LogP) is 2.33. The molecule has 0 aliphatic rings. The molecule has 1 N–H and O–H groups in total. The third kappa shape index (κ3) is 3.92. The Bertz CT molecular complexity index is 681. The Morgan fingerprint density at radius 3 is 2.55 bits per heavy atom. The summed E-state index contributed by atoms with van der Waals surface area (Å²) in [5, 5.41) is 4.25. The van der Waals surface area contributed by atoms with Crippen LogP contribution in [0.4, 0.5) is 5.69 Å². The Labute approximate surface area is 130 Å². The van der Waals surface area contributed by atoms with Gasteiger partial charge in [-0.05, 0) is 23.6 Å². The summed E-state index contributed by atoms with van der Waals surface area (Å²) in [4.78, 5) is 35.4. The number of carbonyl (C=O) groups excluding carboxylic acids is 3. The fourth-order valence-electron chi connectivity index (χ4n) is 1.66. The number of para-hydroxylation sites is 1. The van der Waals surface area contributed by atoms with Crippen molar-refractivity contribution in [3.8, 4) is 0 Å². The zero-order valence-corrected chi connectivity index (χ0v) is 12.5. The standard InChI is InChI=1S/C15H13NO5S/c1-20-14(18)10-5-2-3-6-11(10)16-13(17)9-21-15(19)12-7-4-8-22-12/h2-8H,9H2,1H3,(H,16,17). The van der Waals surface area contributed by atoms with Crippen molar-refractivity contribution < 1.29 is 23.9 Å². The molecule has 6 nitrogen and oxygen atoms in total. The molecule has 114 valence electrons. The maximum atomic E-state index is 11.8. The largest absolute Gasteiger partial charge is 0.465 e. The lowest BCUT2D eigenvalue weighted by atomic mass is 10.2. The Morgan fingerprint density at radius 2 is 1.86 bits per heavy atom. The number of nitrogens with one attached hydrogen (secondary N) is 1. The number of hydrogen-bond donors (Lipinski definition) is 1. The minimum atomic E-state index is -0.564. The minimum Gasteiger partial charge on any atom is -0.465 e. The molecule has 1 amide bonds. The second-order valence-electron chi connectivity index (χ2n) is 4.14. The Kier molecular flexibility index (Phi) is 5.26. The van der Waals surface area contributed by atoms with Gasteiger partial charge in [0.15, 0.2) is 6.61 Å². The highest BCUT2D eigenvalue weighted by molar-refractivity contribution is 7.11. The van der Waals surface area contributed by atoms with E-state index in [-0.39, 0.29) is 5.56 Å².